The van der Waals surface area contributed by atoms with Crippen LogP contribution in [0.3, 0.4) is 0 Å². The summed E-state index contributed by atoms with van der Waals surface area (Å²) in [5.74, 6) is 0.218. The number of halogens is 2. The Balaban J connectivity index is 1.67. The van der Waals surface area contributed by atoms with Crippen molar-refractivity contribution in [3.05, 3.63) is 62.6 Å². The van der Waals surface area contributed by atoms with E-state index >= 15 is 0 Å². The standard InChI is InChI=1S/C23H20Cl2N2O3S/c1-4-27(5-2)14-8-6-13(7-9-14)12-16-23(28)30-22(26-16)21-18(24)15-10-11-17(29-3)19(25)20(15)31-21/h6-12H,4-5H2,1-3H3/b16-12-. The molecule has 5 nitrogen and oxygen atoms in total. The molecule has 0 aliphatic carbocycles. The molecule has 0 saturated heterocycles. The zero-order valence-corrected chi connectivity index (χ0v) is 19.6. The number of ether oxygens (including phenoxy) is 2. The van der Waals surface area contributed by atoms with Gasteiger partial charge in [0.1, 0.15) is 15.6 Å². The number of carbonyl (C=O) groups excluding carboxylic acids is 1. The third kappa shape index (κ3) is 4.03. The minimum absolute atomic E-state index is 0.178. The van der Waals surface area contributed by atoms with Crippen LogP contribution in [0.4, 0.5) is 5.69 Å². The van der Waals surface area contributed by atoms with E-state index in [1.807, 2.05) is 30.3 Å². The van der Waals surface area contributed by atoms with Crippen molar-refractivity contribution in [2.75, 3.05) is 25.1 Å². The van der Waals surface area contributed by atoms with Gasteiger partial charge in [-0.2, -0.15) is 0 Å². The molecule has 0 amide bonds. The maximum atomic E-state index is 12.4. The van der Waals surface area contributed by atoms with Crippen LogP contribution in [-0.4, -0.2) is 32.1 Å². The number of cyclic esters (lactones) is 1. The Hall–Kier alpha value is -2.54. The zero-order chi connectivity index (χ0) is 22.1. The summed E-state index contributed by atoms with van der Waals surface area (Å²) in [6, 6.07) is 11.6. The molecule has 0 unspecified atom stereocenters. The highest BCUT2D eigenvalue weighted by Crippen LogP contribution is 2.44. The molecule has 2 heterocycles. The fraction of sp³-hybridized carbons (Fsp3) is 0.217. The van der Waals surface area contributed by atoms with Crippen LogP contribution in [0.5, 0.6) is 5.75 Å². The molecule has 0 N–H and O–H groups in total. The Morgan fingerprint density at radius 2 is 1.81 bits per heavy atom. The number of rotatable bonds is 6. The van der Waals surface area contributed by atoms with Crippen LogP contribution in [0.15, 0.2) is 47.1 Å². The van der Waals surface area contributed by atoms with E-state index in [2.05, 4.69) is 23.7 Å². The summed E-state index contributed by atoms with van der Waals surface area (Å²) in [6.07, 6.45) is 1.71. The third-order valence-electron chi connectivity index (χ3n) is 5.06. The fourth-order valence-corrected chi connectivity index (χ4v) is 5.23. The first-order chi connectivity index (χ1) is 15.0. The molecular formula is C23H20Cl2N2O3S. The largest absolute Gasteiger partial charge is 0.495 e. The van der Waals surface area contributed by atoms with Gasteiger partial charge in [-0.15, -0.1) is 11.3 Å². The van der Waals surface area contributed by atoms with E-state index in [0.29, 0.717) is 20.7 Å². The molecule has 0 bridgehead atoms. The van der Waals surface area contributed by atoms with Crippen LogP contribution >= 0.6 is 34.5 Å². The summed E-state index contributed by atoms with van der Waals surface area (Å²) in [5.41, 5.74) is 2.22. The van der Waals surface area contributed by atoms with Gasteiger partial charge in [0, 0.05) is 24.2 Å². The van der Waals surface area contributed by atoms with Crippen LogP contribution in [0, 0.1) is 0 Å². The van der Waals surface area contributed by atoms with Crippen LogP contribution in [0.1, 0.15) is 24.3 Å². The Bertz CT molecular complexity index is 1210. The van der Waals surface area contributed by atoms with Gasteiger partial charge in [-0.25, -0.2) is 9.79 Å². The Morgan fingerprint density at radius 3 is 2.45 bits per heavy atom. The third-order valence-corrected chi connectivity index (χ3v) is 7.26. The van der Waals surface area contributed by atoms with Crippen LogP contribution in [0.25, 0.3) is 16.2 Å². The van der Waals surface area contributed by atoms with Crippen molar-refractivity contribution in [1.29, 1.82) is 0 Å². The van der Waals surface area contributed by atoms with Crippen molar-refractivity contribution in [1.82, 2.24) is 0 Å². The molecule has 0 atom stereocenters. The van der Waals surface area contributed by atoms with E-state index in [0.717, 1.165) is 34.4 Å². The van der Waals surface area contributed by atoms with Gasteiger partial charge in [-0.1, -0.05) is 35.3 Å². The second-order valence-electron chi connectivity index (χ2n) is 6.80. The Kier molecular flexibility index (Phi) is 6.23. The number of benzene rings is 2. The first-order valence-electron chi connectivity index (χ1n) is 9.79. The molecule has 0 radical (unpaired) electrons. The summed E-state index contributed by atoms with van der Waals surface area (Å²) in [7, 11) is 1.55. The number of carbonyl (C=O) groups is 1. The van der Waals surface area contributed by atoms with Crippen molar-refractivity contribution in [3.63, 3.8) is 0 Å². The normalized spacial score (nSPS) is 14.8. The molecule has 1 aliphatic heterocycles. The van der Waals surface area contributed by atoms with E-state index < -0.39 is 5.97 Å². The predicted octanol–water partition coefficient (Wildman–Crippen LogP) is 6.41. The van der Waals surface area contributed by atoms with Crippen molar-refractivity contribution >= 4 is 68.3 Å². The highest BCUT2D eigenvalue weighted by molar-refractivity contribution is 7.22. The monoisotopic (exact) mass is 474 g/mol. The molecule has 0 saturated carbocycles. The number of hydrogen-bond acceptors (Lipinski definition) is 6. The molecule has 2 aromatic carbocycles. The fourth-order valence-electron chi connectivity index (χ4n) is 3.41. The van der Waals surface area contributed by atoms with Crippen molar-refractivity contribution in [2.45, 2.75) is 13.8 Å². The second kappa shape index (κ2) is 8.91. The van der Waals surface area contributed by atoms with Gasteiger partial charge in [-0.3, -0.25) is 0 Å². The molecule has 8 heteroatoms. The van der Waals surface area contributed by atoms with Crippen LogP contribution in [-0.2, 0) is 9.53 Å². The van der Waals surface area contributed by atoms with Crippen molar-refractivity contribution in [2.24, 2.45) is 4.99 Å². The lowest BCUT2D eigenvalue weighted by Gasteiger charge is -2.20. The Labute approximate surface area is 194 Å². The number of thiophene rings is 1. The number of nitrogens with zero attached hydrogens (tertiary/aromatic N) is 2. The summed E-state index contributed by atoms with van der Waals surface area (Å²) >= 11 is 14.3. The van der Waals surface area contributed by atoms with E-state index in [9.17, 15) is 4.79 Å². The lowest BCUT2D eigenvalue weighted by atomic mass is 10.1. The average Bonchev–Trinajstić information content (AvgIpc) is 3.30. The van der Waals surface area contributed by atoms with Crippen molar-refractivity contribution < 1.29 is 14.3 Å². The highest BCUT2D eigenvalue weighted by atomic mass is 35.5. The minimum Gasteiger partial charge on any atom is -0.495 e. The summed E-state index contributed by atoms with van der Waals surface area (Å²) in [6.45, 7) is 6.10. The lowest BCUT2D eigenvalue weighted by molar-refractivity contribution is -0.129. The maximum Gasteiger partial charge on any atom is 0.363 e. The average molecular weight is 475 g/mol. The van der Waals surface area contributed by atoms with Gasteiger partial charge in [0.15, 0.2) is 5.70 Å². The summed E-state index contributed by atoms with van der Waals surface area (Å²) in [5, 5.41) is 1.67. The Morgan fingerprint density at radius 1 is 1.10 bits per heavy atom. The first kappa shape index (κ1) is 21.7. The van der Waals surface area contributed by atoms with Gasteiger partial charge >= 0.3 is 5.97 Å². The van der Waals surface area contributed by atoms with Crippen molar-refractivity contribution in [3.8, 4) is 5.75 Å². The van der Waals surface area contributed by atoms with E-state index in [1.165, 1.54) is 11.3 Å². The number of methoxy groups -OCH3 is 1. The molecule has 1 aliphatic rings. The summed E-state index contributed by atoms with van der Waals surface area (Å²) < 4.78 is 11.4. The van der Waals surface area contributed by atoms with Gasteiger partial charge in [-0.05, 0) is 49.8 Å². The summed E-state index contributed by atoms with van der Waals surface area (Å²) in [4.78, 5) is 19.6. The van der Waals surface area contributed by atoms with Gasteiger partial charge < -0.3 is 14.4 Å². The molecule has 0 spiro atoms. The predicted molar refractivity (Wildman–Crippen MR) is 129 cm³/mol. The van der Waals surface area contributed by atoms with E-state index in [4.69, 9.17) is 32.7 Å². The lowest BCUT2D eigenvalue weighted by Crippen LogP contribution is -2.21. The molecule has 3 aromatic rings. The van der Waals surface area contributed by atoms with E-state index in [1.54, 1.807) is 19.3 Å². The number of fused-ring (bicyclic) bond motifs is 1. The smallest absolute Gasteiger partial charge is 0.363 e. The highest BCUT2D eigenvalue weighted by Gasteiger charge is 2.28. The minimum atomic E-state index is -0.514. The van der Waals surface area contributed by atoms with E-state index in [-0.39, 0.29) is 11.6 Å². The number of anilines is 1. The maximum absolute atomic E-state index is 12.4. The first-order valence-corrected chi connectivity index (χ1v) is 11.4. The topological polar surface area (TPSA) is 51.1 Å². The second-order valence-corrected chi connectivity index (χ2v) is 8.58. The number of esters is 1. The zero-order valence-electron chi connectivity index (χ0n) is 17.2. The van der Waals surface area contributed by atoms with Gasteiger partial charge in [0.2, 0.25) is 5.90 Å². The van der Waals surface area contributed by atoms with Gasteiger partial charge in [0.05, 0.1) is 16.8 Å². The van der Waals surface area contributed by atoms with Crippen LogP contribution < -0.4 is 9.64 Å². The molecular weight excluding hydrogens is 455 g/mol. The SMILES string of the molecule is CCN(CC)c1ccc(/C=C2\N=C(c3sc4c(Cl)c(OC)ccc4c3Cl)OC2=O)cc1. The number of hydrogen-bond donors (Lipinski definition) is 0. The number of aliphatic imine (C=N–C) groups is 1. The molecule has 4 rings (SSSR count). The van der Waals surface area contributed by atoms with Gasteiger partial charge in [0.25, 0.3) is 0 Å². The van der Waals surface area contributed by atoms with Crippen LogP contribution in [0.2, 0.25) is 10.0 Å². The molecule has 160 valence electrons. The molecule has 0 fully saturated rings. The molecule has 31 heavy (non-hydrogen) atoms. The molecule has 1 aromatic heterocycles. The quantitative estimate of drug-likeness (QED) is 0.306.